The number of hydrogen-bond donors (Lipinski definition) is 1. The maximum atomic E-state index is 12.7. The fourth-order valence-electron chi connectivity index (χ4n) is 2.99. The molecule has 1 N–H and O–H groups in total. The summed E-state index contributed by atoms with van der Waals surface area (Å²) in [5, 5.41) is 8.55. The molecule has 27 heavy (non-hydrogen) atoms. The Bertz CT molecular complexity index is 835. The molecule has 0 bridgehead atoms. The summed E-state index contributed by atoms with van der Waals surface area (Å²) in [5.74, 6) is 1.45. The number of aliphatic carboxylic acids is 1. The standard InChI is InChI=1S/C21H23NO4S/c1-14-4-3-5-18(15(14)2)26-17-8-6-16(7-9-17)20-21(25)22(12-13-27-20)11-10-19(23)24/h3-9,20H,10-13H2,1-2H3,(H,23,24). The van der Waals surface area contributed by atoms with Crippen LogP contribution in [0.3, 0.4) is 0 Å². The molecular weight excluding hydrogens is 362 g/mol. The van der Waals surface area contributed by atoms with Crippen LogP contribution < -0.4 is 4.74 Å². The van der Waals surface area contributed by atoms with Crippen molar-refractivity contribution in [2.75, 3.05) is 18.8 Å². The van der Waals surface area contributed by atoms with Crippen molar-refractivity contribution in [1.29, 1.82) is 0 Å². The largest absolute Gasteiger partial charge is 0.481 e. The fraction of sp³-hybridized carbons (Fsp3) is 0.333. The number of benzene rings is 2. The molecule has 0 radical (unpaired) electrons. The number of carboxylic acid groups (broad SMARTS) is 1. The molecule has 3 rings (SSSR count). The predicted molar refractivity (Wildman–Crippen MR) is 106 cm³/mol. The molecule has 1 aliphatic rings. The molecule has 0 aromatic heterocycles. The van der Waals surface area contributed by atoms with Gasteiger partial charge in [-0.1, -0.05) is 24.3 Å². The molecule has 1 unspecified atom stereocenters. The highest BCUT2D eigenvalue weighted by Crippen LogP contribution is 2.36. The van der Waals surface area contributed by atoms with E-state index in [1.165, 1.54) is 5.56 Å². The first-order valence-electron chi connectivity index (χ1n) is 8.92. The van der Waals surface area contributed by atoms with Crippen LogP contribution in [0.1, 0.15) is 28.4 Å². The van der Waals surface area contributed by atoms with Crippen molar-refractivity contribution >= 4 is 23.6 Å². The zero-order valence-corrected chi connectivity index (χ0v) is 16.3. The van der Waals surface area contributed by atoms with Gasteiger partial charge in [0.2, 0.25) is 5.91 Å². The summed E-state index contributed by atoms with van der Waals surface area (Å²) in [5.41, 5.74) is 3.20. The van der Waals surface area contributed by atoms with Gasteiger partial charge in [0, 0.05) is 18.8 Å². The average molecular weight is 385 g/mol. The van der Waals surface area contributed by atoms with E-state index in [-0.39, 0.29) is 24.1 Å². The van der Waals surface area contributed by atoms with Gasteiger partial charge < -0.3 is 14.7 Å². The SMILES string of the molecule is Cc1cccc(Oc2ccc(C3SCCN(CCC(=O)O)C3=O)cc2)c1C. The molecule has 1 heterocycles. The van der Waals surface area contributed by atoms with E-state index in [1.54, 1.807) is 16.7 Å². The van der Waals surface area contributed by atoms with Crippen LogP contribution in [0.2, 0.25) is 0 Å². The topological polar surface area (TPSA) is 66.8 Å². The summed E-state index contributed by atoms with van der Waals surface area (Å²) in [7, 11) is 0. The molecule has 1 aliphatic heterocycles. The Morgan fingerprint density at radius 3 is 2.67 bits per heavy atom. The predicted octanol–water partition coefficient (Wildman–Crippen LogP) is 4.19. The molecule has 1 amide bonds. The second-order valence-corrected chi connectivity index (χ2v) is 7.80. The van der Waals surface area contributed by atoms with E-state index >= 15 is 0 Å². The minimum absolute atomic E-state index is 0.0179. The number of carboxylic acids is 1. The van der Waals surface area contributed by atoms with Gasteiger partial charge in [0.05, 0.1) is 6.42 Å². The highest BCUT2D eigenvalue weighted by Gasteiger charge is 2.30. The summed E-state index contributed by atoms with van der Waals surface area (Å²) in [4.78, 5) is 25.1. The Kier molecular flexibility index (Phi) is 6.06. The van der Waals surface area contributed by atoms with Gasteiger partial charge in [0.15, 0.2) is 0 Å². The number of carbonyl (C=O) groups is 2. The number of amides is 1. The van der Waals surface area contributed by atoms with Gasteiger partial charge in [-0.2, -0.15) is 0 Å². The molecule has 6 heteroatoms. The number of rotatable bonds is 6. The number of thioether (sulfide) groups is 1. The van der Waals surface area contributed by atoms with Crippen molar-refractivity contribution in [1.82, 2.24) is 4.90 Å². The molecule has 1 saturated heterocycles. The number of nitrogens with zero attached hydrogens (tertiary/aromatic N) is 1. The normalized spacial score (nSPS) is 17.0. The summed E-state index contributed by atoms with van der Waals surface area (Å²) < 4.78 is 5.98. The van der Waals surface area contributed by atoms with Gasteiger partial charge in [0.1, 0.15) is 16.7 Å². The molecule has 1 atom stereocenters. The lowest BCUT2D eigenvalue weighted by Crippen LogP contribution is -2.41. The molecule has 2 aromatic rings. The van der Waals surface area contributed by atoms with E-state index < -0.39 is 5.97 Å². The minimum Gasteiger partial charge on any atom is -0.481 e. The maximum absolute atomic E-state index is 12.7. The minimum atomic E-state index is -0.884. The van der Waals surface area contributed by atoms with Crippen LogP contribution in [-0.2, 0) is 9.59 Å². The van der Waals surface area contributed by atoms with E-state index in [9.17, 15) is 9.59 Å². The monoisotopic (exact) mass is 385 g/mol. The van der Waals surface area contributed by atoms with Crippen LogP contribution in [0.15, 0.2) is 42.5 Å². The van der Waals surface area contributed by atoms with Crippen LogP contribution in [-0.4, -0.2) is 40.7 Å². The lowest BCUT2D eigenvalue weighted by atomic mass is 10.1. The quantitative estimate of drug-likeness (QED) is 0.808. The smallest absolute Gasteiger partial charge is 0.305 e. The molecule has 2 aromatic carbocycles. The maximum Gasteiger partial charge on any atom is 0.305 e. The van der Waals surface area contributed by atoms with Crippen LogP contribution in [0.25, 0.3) is 0 Å². The van der Waals surface area contributed by atoms with Crippen molar-refractivity contribution < 1.29 is 19.4 Å². The van der Waals surface area contributed by atoms with E-state index in [4.69, 9.17) is 9.84 Å². The molecular formula is C21H23NO4S. The zero-order valence-electron chi connectivity index (χ0n) is 15.5. The third kappa shape index (κ3) is 4.63. The van der Waals surface area contributed by atoms with Crippen molar-refractivity contribution in [2.45, 2.75) is 25.5 Å². The Morgan fingerprint density at radius 1 is 1.22 bits per heavy atom. The van der Waals surface area contributed by atoms with Crippen LogP contribution >= 0.6 is 11.8 Å². The summed E-state index contributed by atoms with van der Waals surface area (Å²) in [6, 6.07) is 13.5. The first-order valence-corrected chi connectivity index (χ1v) is 9.97. The van der Waals surface area contributed by atoms with E-state index in [1.807, 2.05) is 56.3 Å². The lowest BCUT2D eigenvalue weighted by molar-refractivity contribution is -0.138. The van der Waals surface area contributed by atoms with Crippen LogP contribution in [0.4, 0.5) is 0 Å². The fourth-order valence-corrected chi connectivity index (χ4v) is 4.19. The summed E-state index contributed by atoms with van der Waals surface area (Å²) in [6.07, 6.45) is -0.0221. The molecule has 0 aliphatic carbocycles. The highest BCUT2D eigenvalue weighted by atomic mass is 32.2. The van der Waals surface area contributed by atoms with Gasteiger partial charge in [-0.05, 0) is 48.7 Å². The van der Waals surface area contributed by atoms with Gasteiger partial charge >= 0.3 is 5.97 Å². The van der Waals surface area contributed by atoms with E-state index in [2.05, 4.69) is 0 Å². The average Bonchev–Trinajstić information content (AvgIpc) is 2.65. The third-order valence-corrected chi connectivity index (χ3v) is 5.97. The Hall–Kier alpha value is -2.47. The van der Waals surface area contributed by atoms with E-state index in [0.29, 0.717) is 6.54 Å². The van der Waals surface area contributed by atoms with Gasteiger partial charge in [-0.25, -0.2) is 0 Å². The molecule has 0 spiro atoms. The van der Waals surface area contributed by atoms with Gasteiger partial charge in [-0.15, -0.1) is 11.8 Å². The summed E-state index contributed by atoms with van der Waals surface area (Å²) in [6.45, 7) is 4.94. The molecule has 0 saturated carbocycles. The van der Waals surface area contributed by atoms with Crippen molar-refractivity contribution in [3.63, 3.8) is 0 Å². The second-order valence-electron chi connectivity index (χ2n) is 6.59. The van der Waals surface area contributed by atoms with Gasteiger partial charge in [0.25, 0.3) is 0 Å². The number of hydrogen-bond acceptors (Lipinski definition) is 4. The zero-order chi connectivity index (χ0) is 19.4. The van der Waals surface area contributed by atoms with Crippen LogP contribution in [0.5, 0.6) is 11.5 Å². The number of carbonyl (C=O) groups excluding carboxylic acids is 1. The lowest BCUT2D eigenvalue weighted by Gasteiger charge is -2.31. The van der Waals surface area contributed by atoms with Crippen LogP contribution in [0, 0.1) is 13.8 Å². The van der Waals surface area contributed by atoms with Crippen molar-refractivity contribution in [3.05, 3.63) is 59.2 Å². The number of aryl methyl sites for hydroxylation is 1. The first kappa shape index (κ1) is 19.3. The molecule has 1 fully saturated rings. The highest BCUT2D eigenvalue weighted by molar-refractivity contribution is 8.00. The van der Waals surface area contributed by atoms with Crippen molar-refractivity contribution in [3.8, 4) is 11.5 Å². The Balaban J connectivity index is 1.70. The Labute approximate surface area is 163 Å². The second kappa shape index (κ2) is 8.48. The molecule has 142 valence electrons. The Morgan fingerprint density at radius 2 is 1.96 bits per heavy atom. The van der Waals surface area contributed by atoms with E-state index in [0.717, 1.165) is 28.4 Å². The van der Waals surface area contributed by atoms with Crippen molar-refractivity contribution in [2.24, 2.45) is 0 Å². The van der Waals surface area contributed by atoms with Gasteiger partial charge in [-0.3, -0.25) is 9.59 Å². The summed E-state index contributed by atoms with van der Waals surface area (Å²) >= 11 is 1.60. The number of ether oxygens (including phenoxy) is 1. The third-order valence-electron chi connectivity index (χ3n) is 4.74. The molecule has 5 nitrogen and oxygen atoms in total. The first-order chi connectivity index (χ1) is 13.0.